The molecule has 0 fully saturated rings. The Hall–Kier alpha value is -0.630. The van der Waals surface area contributed by atoms with E-state index >= 15 is 0 Å². The highest BCUT2D eigenvalue weighted by molar-refractivity contribution is 7.12. The Labute approximate surface area is 52.0 Å². The van der Waals surface area contributed by atoms with E-state index in [9.17, 15) is 4.79 Å². The van der Waals surface area contributed by atoms with Gasteiger partial charge in [0.05, 0.1) is 4.88 Å². The van der Waals surface area contributed by atoms with Gasteiger partial charge in [0.25, 0.3) is 0 Å². The van der Waals surface area contributed by atoms with Gasteiger partial charge in [-0.2, -0.15) is 0 Å². The highest BCUT2D eigenvalue weighted by atomic mass is 32.1. The molecule has 0 aliphatic heterocycles. The summed E-state index contributed by atoms with van der Waals surface area (Å²) in [5.74, 6) is -0.0972. The number of thiophene rings is 1. The molecule has 0 bridgehead atoms. The third kappa shape index (κ3) is 0.954. The highest BCUT2D eigenvalue weighted by Crippen LogP contribution is 2.07. The molecule has 8 heavy (non-hydrogen) atoms. The fraction of sp³-hybridized carbons (Fsp3) is 0. The van der Waals surface area contributed by atoms with Crippen LogP contribution in [0.5, 0.6) is 0 Å². The summed E-state index contributed by atoms with van der Waals surface area (Å²) in [7, 11) is 0. The van der Waals surface area contributed by atoms with Crippen LogP contribution in [0.3, 0.4) is 0 Å². The number of carbonyl (C=O) groups is 1. The molecule has 0 spiro atoms. The third-order valence-electron chi connectivity index (χ3n) is 0.796. The van der Waals surface area contributed by atoms with Gasteiger partial charge in [0.2, 0.25) is 0 Å². The first-order valence-electron chi connectivity index (χ1n) is 2.20. The molecule has 1 nitrogen and oxygen atoms in total. The first-order valence-corrected chi connectivity index (χ1v) is 3.08. The summed E-state index contributed by atoms with van der Waals surface area (Å²) in [5, 5.41) is 1.86. The highest BCUT2D eigenvalue weighted by Gasteiger charge is 1.95. The van der Waals surface area contributed by atoms with Crippen LogP contribution in [0.2, 0.25) is 0 Å². The van der Waals surface area contributed by atoms with E-state index in [2.05, 4.69) is 6.92 Å². The van der Waals surface area contributed by atoms with Gasteiger partial charge in [-0.3, -0.25) is 4.79 Å². The Morgan fingerprint density at radius 1 is 1.75 bits per heavy atom. The molecule has 0 saturated heterocycles. The molecule has 41 valence electrons. The molecule has 0 aliphatic carbocycles. The zero-order valence-corrected chi connectivity index (χ0v) is 5.07. The van der Waals surface area contributed by atoms with E-state index in [1.807, 2.05) is 11.4 Å². The van der Waals surface area contributed by atoms with Crippen molar-refractivity contribution in [2.24, 2.45) is 0 Å². The SMILES string of the molecule is [CH2]C(=O)c1cccs1. The molecule has 1 aromatic heterocycles. The Morgan fingerprint density at radius 2 is 2.50 bits per heavy atom. The first kappa shape index (κ1) is 5.51. The lowest BCUT2D eigenvalue weighted by Crippen LogP contribution is -1.83. The smallest absolute Gasteiger partial charge is 0.173 e. The van der Waals surface area contributed by atoms with Crippen molar-refractivity contribution in [1.82, 2.24) is 0 Å². The van der Waals surface area contributed by atoms with E-state index in [4.69, 9.17) is 0 Å². The summed E-state index contributed by atoms with van der Waals surface area (Å²) >= 11 is 1.42. The maximum Gasteiger partial charge on any atom is 0.173 e. The van der Waals surface area contributed by atoms with E-state index in [1.54, 1.807) is 6.07 Å². The second-order valence-electron chi connectivity index (χ2n) is 1.40. The number of hydrogen-bond donors (Lipinski definition) is 0. The molecule has 0 saturated carbocycles. The molecule has 0 aromatic carbocycles. The molecular formula is C6H5OS. The molecule has 0 N–H and O–H groups in total. The van der Waals surface area contributed by atoms with Crippen molar-refractivity contribution in [3.05, 3.63) is 29.3 Å². The van der Waals surface area contributed by atoms with Gasteiger partial charge in [-0.25, -0.2) is 0 Å². The van der Waals surface area contributed by atoms with E-state index in [0.29, 0.717) is 0 Å². The molecule has 0 atom stereocenters. The van der Waals surface area contributed by atoms with Crippen molar-refractivity contribution in [2.45, 2.75) is 0 Å². The third-order valence-corrected chi connectivity index (χ3v) is 1.71. The lowest BCUT2D eigenvalue weighted by molar-refractivity contribution is 0.104. The van der Waals surface area contributed by atoms with Gasteiger partial charge in [0.1, 0.15) is 0 Å². The zero-order valence-electron chi connectivity index (χ0n) is 4.26. The van der Waals surface area contributed by atoms with Crippen molar-refractivity contribution in [3.8, 4) is 0 Å². The van der Waals surface area contributed by atoms with Crippen LogP contribution in [0.4, 0.5) is 0 Å². The molecule has 0 amide bonds. The summed E-state index contributed by atoms with van der Waals surface area (Å²) < 4.78 is 0. The van der Waals surface area contributed by atoms with Gasteiger partial charge < -0.3 is 0 Å². The number of hydrogen-bond acceptors (Lipinski definition) is 2. The molecular weight excluding hydrogens is 120 g/mol. The van der Waals surface area contributed by atoms with Gasteiger partial charge in [-0.05, 0) is 11.4 Å². The molecule has 1 radical (unpaired) electrons. The fourth-order valence-corrected chi connectivity index (χ4v) is 1.03. The minimum Gasteiger partial charge on any atom is -0.293 e. The molecule has 2 heteroatoms. The van der Waals surface area contributed by atoms with Crippen molar-refractivity contribution >= 4 is 17.1 Å². The predicted octanol–water partition coefficient (Wildman–Crippen LogP) is 1.76. The second-order valence-corrected chi connectivity index (χ2v) is 2.35. The summed E-state index contributed by atoms with van der Waals surface area (Å²) in [6.45, 7) is 3.25. The number of rotatable bonds is 1. The molecule has 1 heterocycles. The van der Waals surface area contributed by atoms with Gasteiger partial charge >= 0.3 is 0 Å². The summed E-state index contributed by atoms with van der Waals surface area (Å²) in [6, 6.07) is 3.60. The Bertz CT molecular complexity index is 176. The van der Waals surface area contributed by atoms with Gasteiger partial charge in [0, 0.05) is 6.92 Å². The van der Waals surface area contributed by atoms with Crippen LogP contribution in [0.25, 0.3) is 0 Å². The van der Waals surface area contributed by atoms with Crippen molar-refractivity contribution in [3.63, 3.8) is 0 Å². The van der Waals surface area contributed by atoms with E-state index in [0.717, 1.165) is 4.88 Å². The van der Waals surface area contributed by atoms with E-state index in [-0.39, 0.29) is 5.78 Å². The quantitative estimate of drug-likeness (QED) is 0.523. The van der Waals surface area contributed by atoms with Crippen LogP contribution in [-0.4, -0.2) is 5.78 Å². The summed E-state index contributed by atoms with van der Waals surface area (Å²) in [6.07, 6.45) is 0. The maximum absolute atomic E-state index is 10.4. The number of ketones is 1. The molecule has 1 rings (SSSR count). The Morgan fingerprint density at radius 3 is 2.75 bits per heavy atom. The van der Waals surface area contributed by atoms with Crippen LogP contribution in [0, 0.1) is 6.92 Å². The van der Waals surface area contributed by atoms with Crippen LogP contribution in [0.1, 0.15) is 9.67 Å². The van der Waals surface area contributed by atoms with Crippen molar-refractivity contribution in [2.75, 3.05) is 0 Å². The minimum atomic E-state index is -0.0972. The normalized spacial score (nSPS) is 9.12. The lowest BCUT2D eigenvalue weighted by Gasteiger charge is -1.79. The average molecular weight is 125 g/mol. The van der Waals surface area contributed by atoms with Gasteiger partial charge in [-0.1, -0.05) is 6.07 Å². The van der Waals surface area contributed by atoms with Crippen LogP contribution >= 0.6 is 11.3 Å². The van der Waals surface area contributed by atoms with Crippen molar-refractivity contribution in [1.29, 1.82) is 0 Å². The maximum atomic E-state index is 10.4. The topological polar surface area (TPSA) is 17.1 Å². The first-order chi connectivity index (χ1) is 3.80. The Balaban J connectivity index is 2.93. The number of Topliss-reactive ketones (excluding diaryl/α,β-unsaturated/α-hetero) is 1. The van der Waals surface area contributed by atoms with E-state index in [1.165, 1.54) is 11.3 Å². The predicted molar refractivity (Wildman–Crippen MR) is 34.0 cm³/mol. The van der Waals surface area contributed by atoms with Gasteiger partial charge in [-0.15, -0.1) is 11.3 Å². The zero-order chi connectivity index (χ0) is 5.98. The number of carbonyl (C=O) groups excluding carboxylic acids is 1. The molecule has 1 aromatic rings. The second kappa shape index (κ2) is 2.09. The van der Waals surface area contributed by atoms with Crippen LogP contribution < -0.4 is 0 Å². The minimum absolute atomic E-state index is 0.0972. The summed E-state index contributed by atoms with van der Waals surface area (Å²) in [5.41, 5.74) is 0. The molecule has 0 unspecified atom stereocenters. The lowest BCUT2D eigenvalue weighted by atomic mass is 10.4. The van der Waals surface area contributed by atoms with E-state index < -0.39 is 0 Å². The largest absolute Gasteiger partial charge is 0.293 e. The van der Waals surface area contributed by atoms with Crippen LogP contribution in [0.15, 0.2) is 17.5 Å². The van der Waals surface area contributed by atoms with Crippen LogP contribution in [-0.2, 0) is 0 Å². The van der Waals surface area contributed by atoms with Crippen molar-refractivity contribution < 1.29 is 4.79 Å². The molecule has 0 aliphatic rings. The average Bonchev–Trinajstić information content (AvgIpc) is 2.12. The monoisotopic (exact) mass is 125 g/mol. The van der Waals surface area contributed by atoms with Gasteiger partial charge in [0.15, 0.2) is 5.78 Å². The summed E-state index contributed by atoms with van der Waals surface area (Å²) in [4.78, 5) is 11.1. The standard InChI is InChI=1S/C6H5OS/c1-5(7)6-3-2-4-8-6/h2-4H,1H2. The Kier molecular flexibility index (Phi) is 1.44. The fourth-order valence-electron chi connectivity index (χ4n) is 0.437.